The van der Waals surface area contributed by atoms with E-state index in [9.17, 15) is 0 Å². The summed E-state index contributed by atoms with van der Waals surface area (Å²) in [5, 5.41) is 3.78. The molecule has 1 nitrogen and oxygen atoms in total. The molecular formula is C19H25N. The van der Waals surface area contributed by atoms with Crippen LogP contribution in [0.5, 0.6) is 0 Å². The van der Waals surface area contributed by atoms with Crippen molar-refractivity contribution in [3.05, 3.63) is 71.8 Å². The third-order valence-corrected chi connectivity index (χ3v) is 3.80. The molecule has 0 amide bonds. The molecule has 0 fully saturated rings. The molecule has 2 atom stereocenters. The first-order chi connectivity index (χ1) is 9.81. The average molecular weight is 267 g/mol. The minimum atomic E-state index is 0.373. The van der Waals surface area contributed by atoms with Crippen LogP contribution in [0.15, 0.2) is 60.7 Å². The van der Waals surface area contributed by atoms with Crippen molar-refractivity contribution < 1.29 is 0 Å². The Morgan fingerprint density at radius 3 is 1.95 bits per heavy atom. The van der Waals surface area contributed by atoms with Gasteiger partial charge in [-0.15, -0.1) is 0 Å². The summed E-state index contributed by atoms with van der Waals surface area (Å²) in [6.07, 6.45) is 3.69. The van der Waals surface area contributed by atoms with Crippen LogP contribution in [0.4, 0.5) is 0 Å². The van der Waals surface area contributed by atoms with Crippen LogP contribution >= 0.6 is 0 Å². The summed E-state index contributed by atoms with van der Waals surface area (Å²) < 4.78 is 0. The Labute approximate surface area is 123 Å². The van der Waals surface area contributed by atoms with Crippen molar-refractivity contribution in [3.8, 4) is 0 Å². The van der Waals surface area contributed by atoms with E-state index in [1.165, 1.54) is 30.4 Å². The van der Waals surface area contributed by atoms with Crippen LogP contribution in [-0.4, -0.2) is 0 Å². The molecule has 106 valence electrons. The molecule has 0 heterocycles. The van der Waals surface area contributed by atoms with Crippen LogP contribution in [0.2, 0.25) is 0 Å². The smallest absolute Gasteiger partial charge is 0.0325 e. The van der Waals surface area contributed by atoms with E-state index in [1.807, 2.05) is 0 Å². The molecule has 0 aliphatic heterocycles. The average Bonchev–Trinajstić information content (AvgIpc) is 2.53. The summed E-state index contributed by atoms with van der Waals surface area (Å²) >= 11 is 0. The third-order valence-electron chi connectivity index (χ3n) is 3.80. The fourth-order valence-electron chi connectivity index (χ4n) is 2.58. The number of hydrogen-bond acceptors (Lipinski definition) is 1. The van der Waals surface area contributed by atoms with Crippen LogP contribution in [-0.2, 0) is 0 Å². The van der Waals surface area contributed by atoms with Crippen molar-refractivity contribution in [1.29, 1.82) is 0 Å². The molecule has 0 bridgehead atoms. The Kier molecular flexibility index (Phi) is 5.82. The fourth-order valence-corrected chi connectivity index (χ4v) is 2.58. The minimum Gasteiger partial charge on any atom is -0.303 e. The van der Waals surface area contributed by atoms with Crippen molar-refractivity contribution in [2.75, 3.05) is 0 Å². The molecule has 20 heavy (non-hydrogen) atoms. The summed E-state index contributed by atoms with van der Waals surface area (Å²) in [6.45, 7) is 4.50. The zero-order valence-corrected chi connectivity index (χ0v) is 12.5. The number of hydrogen-bond donors (Lipinski definition) is 1. The van der Waals surface area contributed by atoms with Gasteiger partial charge in [0.2, 0.25) is 0 Å². The molecule has 0 aliphatic rings. The predicted molar refractivity (Wildman–Crippen MR) is 86.7 cm³/mol. The van der Waals surface area contributed by atoms with E-state index in [0.29, 0.717) is 12.1 Å². The third kappa shape index (κ3) is 4.21. The lowest BCUT2D eigenvalue weighted by molar-refractivity contribution is 0.431. The first-order valence-corrected chi connectivity index (χ1v) is 7.67. The molecule has 0 aliphatic carbocycles. The Balaban J connectivity index is 2.08. The number of unbranched alkanes of at least 4 members (excludes halogenated alkanes) is 1. The monoisotopic (exact) mass is 267 g/mol. The quantitative estimate of drug-likeness (QED) is 0.720. The highest BCUT2D eigenvalue weighted by molar-refractivity contribution is 5.22. The van der Waals surface area contributed by atoms with Gasteiger partial charge in [0.15, 0.2) is 0 Å². The van der Waals surface area contributed by atoms with Crippen LogP contribution in [0.1, 0.15) is 56.3 Å². The van der Waals surface area contributed by atoms with Gasteiger partial charge >= 0.3 is 0 Å². The summed E-state index contributed by atoms with van der Waals surface area (Å²) in [7, 11) is 0. The second-order valence-electron chi connectivity index (χ2n) is 5.40. The van der Waals surface area contributed by atoms with E-state index < -0.39 is 0 Å². The molecule has 0 spiro atoms. The highest BCUT2D eigenvalue weighted by atomic mass is 14.9. The molecule has 0 radical (unpaired) electrons. The standard InChI is InChI=1S/C19H25N/c1-3-4-15-19(18-13-9-6-10-14-18)20-16(2)17-11-7-5-8-12-17/h5-14,16,19-20H,3-4,15H2,1-2H3/t16-,19-/m1/s1. The SMILES string of the molecule is CCCC[C@@H](N[C@H](C)c1ccccc1)c1ccccc1. The Morgan fingerprint density at radius 2 is 1.40 bits per heavy atom. The van der Waals surface area contributed by atoms with Gasteiger partial charge < -0.3 is 5.32 Å². The van der Waals surface area contributed by atoms with E-state index in [4.69, 9.17) is 0 Å². The second-order valence-corrected chi connectivity index (χ2v) is 5.40. The molecule has 0 unspecified atom stereocenters. The lowest BCUT2D eigenvalue weighted by Gasteiger charge is -2.24. The van der Waals surface area contributed by atoms with Crippen LogP contribution < -0.4 is 5.32 Å². The van der Waals surface area contributed by atoms with Gasteiger partial charge in [0.1, 0.15) is 0 Å². The number of rotatable bonds is 7. The maximum atomic E-state index is 3.78. The number of nitrogens with one attached hydrogen (secondary N) is 1. The molecular weight excluding hydrogens is 242 g/mol. The van der Waals surface area contributed by atoms with Gasteiger partial charge in [0, 0.05) is 12.1 Å². The van der Waals surface area contributed by atoms with Crippen LogP contribution in [0.25, 0.3) is 0 Å². The van der Waals surface area contributed by atoms with Crippen molar-refractivity contribution in [1.82, 2.24) is 5.32 Å². The van der Waals surface area contributed by atoms with Gasteiger partial charge in [-0.25, -0.2) is 0 Å². The Morgan fingerprint density at radius 1 is 0.850 bits per heavy atom. The van der Waals surface area contributed by atoms with E-state index in [1.54, 1.807) is 0 Å². The van der Waals surface area contributed by atoms with Gasteiger partial charge in [0.25, 0.3) is 0 Å². The molecule has 0 aromatic heterocycles. The first kappa shape index (κ1) is 14.8. The maximum Gasteiger partial charge on any atom is 0.0325 e. The van der Waals surface area contributed by atoms with Gasteiger partial charge in [-0.2, -0.15) is 0 Å². The summed E-state index contributed by atoms with van der Waals surface area (Å²) in [6, 6.07) is 22.3. The van der Waals surface area contributed by atoms with E-state index in [0.717, 1.165) is 0 Å². The maximum absolute atomic E-state index is 3.78. The van der Waals surface area contributed by atoms with Crippen molar-refractivity contribution >= 4 is 0 Å². The van der Waals surface area contributed by atoms with Gasteiger partial charge in [0.05, 0.1) is 0 Å². The summed E-state index contributed by atoms with van der Waals surface area (Å²) in [5.74, 6) is 0. The second kappa shape index (κ2) is 7.86. The summed E-state index contributed by atoms with van der Waals surface area (Å²) in [5.41, 5.74) is 2.74. The number of benzene rings is 2. The lowest BCUT2D eigenvalue weighted by Crippen LogP contribution is -2.24. The first-order valence-electron chi connectivity index (χ1n) is 7.67. The molecule has 1 heteroatoms. The van der Waals surface area contributed by atoms with Crippen molar-refractivity contribution in [3.63, 3.8) is 0 Å². The van der Waals surface area contributed by atoms with Crippen molar-refractivity contribution in [2.24, 2.45) is 0 Å². The molecule has 0 saturated heterocycles. The molecule has 2 rings (SSSR count). The predicted octanol–water partition coefficient (Wildman–Crippen LogP) is 5.27. The van der Waals surface area contributed by atoms with Crippen molar-refractivity contribution in [2.45, 2.75) is 45.2 Å². The molecule has 2 aromatic rings. The fraction of sp³-hybridized carbons (Fsp3) is 0.368. The summed E-state index contributed by atoms with van der Waals surface area (Å²) in [4.78, 5) is 0. The van der Waals surface area contributed by atoms with E-state index in [-0.39, 0.29) is 0 Å². The molecule has 0 saturated carbocycles. The Bertz CT molecular complexity index is 478. The topological polar surface area (TPSA) is 12.0 Å². The van der Waals surface area contributed by atoms with Crippen LogP contribution in [0, 0.1) is 0 Å². The minimum absolute atomic E-state index is 0.373. The van der Waals surface area contributed by atoms with E-state index in [2.05, 4.69) is 79.8 Å². The molecule has 1 N–H and O–H groups in total. The largest absolute Gasteiger partial charge is 0.303 e. The van der Waals surface area contributed by atoms with Gasteiger partial charge in [-0.05, 0) is 24.5 Å². The Hall–Kier alpha value is -1.60. The highest BCUT2D eigenvalue weighted by Gasteiger charge is 2.14. The van der Waals surface area contributed by atoms with Gasteiger partial charge in [-0.3, -0.25) is 0 Å². The highest BCUT2D eigenvalue weighted by Crippen LogP contribution is 2.23. The van der Waals surface area contributed by atoms with E-state index >= 15 is 0 Å². The van der Waals surface area contributed by atoms with Crippen LogP contribution in [0.3, 0.4) is 0 Å². The zero-order chi connectivity index (χ0) is 14.2. The van der Waals surface area contributed by atoms with Gasteiger partial charge in [-0.1, -0.05) is 80.4 Å². The molecule has 2 aromatic carbocycles. The lowest BCUT2D eigenvalue weighted by atomic mass is 9.99. The zero-order valence-electron chi connectivity index (χ0n) is 12.5. The normalized spacial score (nSPS) is 13.9.